The van der Waals surface area contributed by atoms with Gasteiger partial charge < -0.3 is 5.11 Å². The van der Waals surface area contributed by atoms with Crippen LogP contribution in [0.2, 0.25) is 0 Å². The van der Waals surface area contributed by atoms with E-state index in [2.05, 4.69) is 15.3 Å². The van der Waals surface area contributed by atoms with Gasteiger partial charge in [0.1, 0.15) is 5.69 Å². The molecule has 0 unspecified atom stereocenters. The summed E-state index contributed by atoms with van der Waals surface area (Å²) in [5.74, 6) is -1.89. The van der Waals surface area contributed by atoms with Gasteiger partial charge in [-0.05, 0) is 30.3 Å². The number of fused-ring (bicyclic) bond motifs is 1. The zero-order valence-corrected chi connectivity index (χ0v) is 13.0. The maximum Gasteiger partial charge on any atom is 0.433 e. The molecule has 0 aliphatic rings. The second-order valence-electron chi connectivity index (χ2n) is 4.89. The minimum atomic E-state index is -4.65. The van der Waals surface area contributed by atoms with Gasteiger partial charge in [-0.3, -0.25) is 15.1 Å². The van der Waals surface area contributed by atoms with Crippen LogP contribution in [0.5, 0.6) is 0 Å². The predicted molar refractivity (Wildman–Crippen MR) is 83.8 cm³/mol. The van der Waals surface area contributed by atoms with E-state index in [1.54, 1.807) is 6.07 Å². The first-order valence-electron chi connectivity index (χ1n) is 6.72. The molecule has 128 valence electrons. The van der Waals surface area contributed by atoms with E-state index in [1.807, 2.05) is 0 Å². The normalized spacial score (nSPS) is 11.5. The molecule has 3 rings (SSSR count). The maximum absolute atomic E-state index is 12.6. The molecule has 10 heteroatoms. The van der Waals surface area contributed by atoms with E-state index < -0.39 is 23.7 Å². The lowest BCUT2D eigenvalue weighted by molar-refractivity contribution is -0.141. The number of carboxylic acid groups (broad SMARTS) is 1. The fourth-order valence-electron chi connectivity index (χ4n) is 2.01. The summed E-state index contributed by atoms with van der Waals surface area (Å²) in [6, 6.07) is 6.08. The SMILES string of the molecule is O=C(O)c1ccc2sc(NC(=O)c3ccnc(C(F)(F)F)c3)nc2c1. The monoisotopic (exact) mass is 367 g/mol. The Bertz CT molecular complexity index is 985. The van der Waals surface area contributed by atoms with Crippen molar-refractivity contribution in [2.24, 2.45) is 0 Å². The number of pyridine rings is 1. The number of aromatic carboxylic acids is 1. The second-order valence-corrected chi connectivity index (χ2v) is 5.92. The van der Waals surface area contributed by atoms with Crippen molar-refractivity contribution in [3.05, 3.63) is 53.3 Å². The van der Waals surface area contributed by atoms with Crippen LogP contribution in [0, 0.1) is 0 Å². The van der Waals surface area contributed by atoms with Gasteiger partial charge in [-0.15, -0.1) is 0 Å². The Morgan fingerprint density at radius 2 is 1.88 bits per heavy atom. The molecule has 0 spiro atoms. The molecule has 0 fully saturated rings. The van der Waals surface area contributed by atoms with Crippen LogP contribution in [-0.4, -0.2) is 27.0 Å². The summed E-state index contributed by atoms with van der Waals surface area (Å²) in [6.45, 7) is 0. The summed E-state index contributed by atoms with van der Waals surface area (Å²) in [4.78, 5) is 30.3. The number of amides is 1. The number of halogens is 3. The third-order valence-corrected chi connectivity index (χ3v) is 4.12. The van der Waals surface area contributed by atoms with Crippen molar-refractivity contribution in [3.8, 4) is 0 Å². The van der Waals surface area contributed by atoms with Crippen LogP contribution < -0.4 is 5.32 Å². The molecule has 0 aliphatic carbocycles. The fourth-order valence-corrected chi connectivity index (χ4v) is 2.85. The summed E-state index contributed by atoms with van der Waals surface area (Å²) in [5.41, 5.74) is -0.978. The number of carboxylic acids is 1. The highest BCUT2D eigenvalue weighted by Crippen LogP contribution is 2.29. The zero-order valence-electron chi connectivity index (χ0n) is 12.2. The van der Waals surface area contributed by atoms with E-state index in [9.17, 15) is 22.8 Å². The zero-order chi connectivity index (χ0) is 18.2. The highest BCUT2D eigenvalue weighted by Gasteiger charge is 2.33. The van der Waals surface area contributed by atoms with Gasteiger partial charge in [0, 0.05) is 11.8 Å². The highest BCUT2D eigenvalue weighted by atomic mass is 32.1. The standard InChI is InChI=1S/C15H8F3N3O3S/c16-15(17,18)11-6-7(3-4-19-11)12(22)21-14-20-9-5-8(13(23)24)1-2-10(9)25-14/h1-6H,(H,23,24)(H,20,21,22). The van der Waals surface area contributed by atoms with E-state index >= 15 is 0 Å². The number of carbonyl (C=O) groups is 2. The number of nitrogens with zero attached hydrogens (tertiary/aromatic N) is 2. The number of aromatic nitrogens is 2. The first kappa shape index (κ1) is 16.8. The molecule has 2 N–H and O–H groups in total. The molecular weight excluding hydrogens is 359 g/mol. The summed E-state index contributed by atoms with van der Waals surface area (Å²) < 4.78 is 38.6. The van der Waals surface area contributed by atoms with Gasteiger partial charge in [-0.2, -0.15) is 13.2 Å². The minimum Gasteiger partial charge on any atom is -0.478 e. The Morgan fingerprint density at radius 3 is 2.56 bits per heavy atom. The summed E-state index contributed by atoms with van der Waals surface area (Å²) in [6.07, 6.45) is -3.76. The lowest BCUT2D eigenvalue weighted by Gasteiger charge is -2.07. The van der Waals surface area contributed by atoms with Gasteiger partial charge in [-0.1, -0.05) is 11.3 Å². The van der Waals surface area contributed by atoms with Crippen LogP contribution in [0.25, 0.3) is 10.2 Å². The van der Waals surface area contributed by atoms with Gasteiger partial charge >= 0.3 is 12.1 Å². The molecule has 2 aromatic heterocycles. The summed E-state index contributed by atoms with van der Waals surface area (Å²) in [7, 11) is 0. The van der Waals surface area contributed by atoms with E-state index in [0.717, 1.165) is 23.6 Å². The quantitative estimate of drug-likeness (QED) is 0.737. The van der Waals surface area contributed by atoms with Gasteiger partial charge in [0.25, 0.3) is 5.91 Å². The lowest BCUT2D eigenvalue weighted by Crippen LogP contribution is -2.14. The van der Waals surface area contributed by atoms with Crippen molar-refractivity contribution < 1.29 is 27.9 Å². The second kappa shape index (κ2) is 6.13. The number of hydrogen-bond donors (Lipinski definition) is 2. The minimum absolute atomic E-state index is 0.0413. The highest BCUT2D eigenvalue weighted by molar-refractivity contribution is 7.22. The van der Waals surface area contributed by atoms with Gasteiger partial charge in [-0.25, -0.2) is 9.78 Å². The number of alkyl halides is 3. The van der Waals surface area contributed by atoms with E-state index in [1.165, 1.54) is 12.1 Å². The Hall–Kier alpha value is -3.01. The summed E-state index contributed by atoms with van der Waals surface area (Å²) in [5, 5.41) is 11.5. The molecule has 1 amide bonds. The smallest absolute Gasteiger partial charge is 0.433 e. The van der Waals surface area contributed by atoms with Gasteiger partial charge in [0.2, 0.25) is 0 Å². The van der Waals surface area contributed by atoms with E-state index in [-0.39, 0.29) is 16.3 Å². The molecule has 0 saturated heterocycles. The van der Waals surface area contributed by atoms with Crippen LogP contribution in [-0.2, 0) is 6.18 Å². The average Bonchev–Trinajstić information content (AvgIpc) is 2.95. The molecule has 1 aromatic carbocycles. The first-order chi connectivity index (χ1) is 11.7. The Balaban J connectivity index is 1.86. The molecule has 2 heterocycles. The number of nitrogens with one attached hydrogen (secondary N) is 1. The fraction of sp³-hybridized carbons (Fsp3) is 0.0667. The molecule has 0 aliphatic heterocycles. The number of anilines is 1. The van der Waals surface area contributed by atoms with Crippen molar-refractivity contribution in [2.75, 3.05) is 5.32 Å². The summed E-state index contributed by atoms with van der Waals surface area (Å²) >= 11 is 1.08. The van der Waals surface area contributed by atoms with E-state index in [4.69, 9.17) is 5.11 Å². The third kappa shape index (κ3) is 3.58. The molecule has 3 aromatic rings. The molecule has 0 bridgehead atoms. The van der Waals surface area contributed by atoms with Crippen LogP contribution in [0.15, 0.2) is 36.5 Å². The first-order valence-corrected chi connectivity index (χ1v) is 7.54. The Morgan fingerprint density at radius 1 is 1.12 bits per heavy atom. The van der Waals surface area contributed by atoms with Crippen LogP contribution in [0.3, 0.4) is 0 Å². The number of rotatable bonds is 3. The topological polar surface area (TPSA) is 92.2 Å². The average molecular weight is 367 g/mol. The Labute approximate surface area is 142 Å². The third-order valence-electron chi connectivity index (χ3n) is 3.17. The van der Waals surface area contributed by atoms with Crippen LogP contribution in [0.1, 0.15) is 26.4 Å². The van der Waals surface area contributed by atoms with Crippen molar-refractivity contribution in [1.29, 1.82) is 0 Å². The lowest BCUT2D eigenvalue weighted by atomic mass is 10.2. The molecular formula is C15H8F3N3O3S. The number of thiazole rings is 1. The molecule has 0 saturated carbocycles. The van der Waals surface area contributed by atoms with Crippen molar-refractivity contribution >= 4 is 38.6 Å². The van der Waals surface area contributed by atoms with Crippen molar-refractivity contribution in [1.82, 2.24) is 9.97 Å². The molecule has 25 heavy (non-hydrogen) atoms. The molecule has 6 nitrogen and oxygen atoms in total. The van der Waals surface area contributed by atoms with Crippen LogP contribution >= 0.6 is 11.3 Å². The van der Waals surface area contributed by atoms with E-state index in [0.29, 0.717) is 16.3 Å². The van der Waals surface area contributed by atoms with Gasteiger partial charge in [0.05, 0.1) is 15.8 Å². The molecule has 0 radical (unpaired) electrons. The maximum atomic E-state index is 12.6. The van der Waals surface area contributed by atoms with Crippen molar-refractivity contribution in [2.45, 2.75) is 6.18 Å². The number of benzene rings is 1. The van der Waals surface area contributed by atoms with Crippen molar-refractivity contribution in [3.63, 3.8) is 0 Å². The molecule has 0 atom stereocenters. The van der Waals surface area contributed by atoms with Gasteiger partial charge in [0.15, 0.2) is 5.13 Å². The van der Waals surface area contributed by atoms with Crippen LogP contribution in [0.4, 0.5) is 18.3 Å². The number of carbonyl (C=O) groups excluding carboxylic acids is 1. The largest absolute Gasteiger partial charge is 0.478 e. The predicted octanol–water partition coefficient (Wildman–Crippen LogP) is 3.66. The Kier molecular flexibility index (Phi) is 4.13. The number of hydrogen-bond acceptors (Lipinski definition) is 5.